The molecular weight excluding hydrogens is 254 g/mol. The number of carbonyl (C=O) groups excluding carboxylic acids is 2. The van der Waals surface area contributed by atoms with Gasteiger partial charge in [-0.1, -0.05) is 17.7 Å². The number of ether oxygens (including phenoxy) is 1. The quantitative estimate of drug-likeness (QED) is 0.684. The van der Waals surface area contributed by atoms with Crippen molar-refractivity contribution in [2.45, 2.75) is 0 Å². The lowest BCUT2D eigenvalue weighted by Crippen LogP contribution is -2.01. The number of halogens is 1. The van der Waals surface area contributed by atoms with Gasteiger partial charge in [-0.3, -0.25) is 4.79 Å². The van der Waals surface area contributed by atoms with Crippen LogP contribution in [0.1, 0.15) is 20.8 Å². The minimum absolute atomic E-state index is 0.289. The van der Waals surface area contributed by atoms with E-state index in [-0.39, 0.29) is 5.02 Å². The Morgan fingerprint density at radius 1 is 1.39 bits per heavy atom. The zero-order chi connectivity index (χ0) is 13.1. The molecule has 1 aromatic heterocycles. The van der Waals surface area contributed by atoms with Gasteiger partial charge >= 0.3 is 5.97 Å². The Morgan fingerprint density at radius 3 is 2.78 bits per heavy atom. The summed E-state index contributed by atoms with van der Waals surface area (Å²) in [6.07, 6.45) is 2.40. The first-order valence-corrected chi connectivity index (χ1v) is 5.56. The largest absolute Gasteiger partial charge is 0.465 e. The van der Waals surface area contributed by atoms with Gasteiger partial charge in [0.2, 0.25) is 0 Å². The summed E-state index contributed by atoms with van der Waals surface area (Å²) in [5.41, 5.74) is 2.27. The van der Waals surface area contributed by atoms with Crippen LogP contribution in [0.4, 0.5) is 0 Å². The van der Waals surface area contributed by atoms with E-state index in [4.69, 9.17) is 11.6 Å². The third-order valence-corrected chi connectivity index (χ3v) is 2.89. The van der Waals surface area contributed by atoms with Crippen LogP contribution in [0.3, 0.4) is 0 Å². The van der Waals surface area contributed by atoms with E-state index in [1.165, 1.54) is 7.11 Å². The summed E-state index contributed by atoms with van der Waals surface area (Å²) in [5, 5.41) is 0.289. The van der Waals surface area contributed by atoms with Gasteiger partial charge in [-0.2, -0.15) is 0 Å². The highest BCUT2D eigenvalue weighted by atomic mass is 35.5. The van der Waals surface area contributed by atoms with Crippen LogP contribution in [0.25, 0.3) is 11.1 Å². The highest BCUT2D eigenvalue weighted by molar-refractivity contribution is 6.33. The van der Waals surface area contributed by atoms with Crippen molar-refractivity contribution < 1.29 is 14.3 Å². The number of aromatic nitrogens is 1. The number of aromatic amines is 1. The third kappa shape index (κ3) is 2.15. The van der Waals surface area contributed by atoms with Gasteiger partial charge in [-0.05, 0) is 23.8 Å². The first-order chi connectivity index (χ1) is 8.67. The van der Waals surface area contributed by atoms with Crippen molar-refractivity contribution >= 4 is 23.9 Å². The summed E-state index contributed by atoms with van der Waals surface area (Å²) in [6.45, 7) is 0. The minimum Gasteiger partial charge on any atom is -0.465 e. The highest BCUT2D eigenvalue weighted by Crippen LogP contribution is 2.27. The lowest BCUT2D eigenvalue weighted by atomic mass is 10.0. The van der Waals surface area contributed by atoms with Crippen molar-refractivity contribution in [1.29, 1.82) is 0 Å². The molecule has 0 saturated carbocycles. The molecule has 0 aliphatic rings. The number of hydrogen-bond acceptors (Lipinski definition) is 3. The molecule has 1 aromatic carbocycles. The second-order valence-electron chi connectivity index (χ2n) is 3.61. The maximum atomic E-state index is 11.4. The SMILES string of the molecule is COC(=O)c1ccc(-c2cc[nH]c2C=O)cc1Cl. The lowest BCUT2D eigenvalue weighted by Gasteiger charge is -2.05. The smallest absolute Gasteiger partial charge is 0.339 e. The molecule has 0 bridgehead atoms. The van der Waals surface area contributed by atoms with Gasteiger partial charge in [0.25, 0.3) is 0 Å². The molecule has 4 nitrogen and oxygen atoms in total. The molecule has 0 amide bonds. The first kappa shape index (κ1) is 12.4. The van der Waals surface area contributed by atoms with Gasteiger partial charge in [0.15, 0.2) is 6.29 Å². The predicted octanol–water partition coefficient (Wildman–Crippen LogP) is 2.93. The number of rotatable bonds is 3. The van der Waals surface area contributed by atoms with Gasteiger partial charge in [-0.25, -0.2) is 4.79 Å². The molecule has 0 saturated heterocycles. The van der Waals surface area contributed by atoms with E-state index in [1.54, 1.807) is 30.5 Å². The molecular formula is C13H10ClNO3. The topological polar surface area (TPSA) is 59.2 Å². The van der Waals surface area contributed by atoms with Crippen LogP contribution in [0.5, 0.6) is 0 Å². The maximum Gasteiger partial charge on any atom is 0.339 e. The fraction of sp³-hybridized carbons (Fsp3) is 0.0769. The molecule has 0 spiro atoms. The maximum absolute atomic E-state index is 11.4. The summed E-state index contributed by atoms with van der Waals surface area (Å²) in [5.74, 6) is -0.490. The average molecular weight is 264 g/mol. The standard InChI is InChI=1S/C13H10ClNO3/c1-18-13(17)10-3-2-8(6-11(10)14)9-4-5-15-12(9)7-16/h2-7,15H,1H3. The molecule has 92 valence electrons. The molecule has 0 fully saturated rings. The summed E-state index contributed by atoms with van der Waals surface area (Å²) in [6, 6.07) is 6.69. The number of esters is 1. The highest BCUT2D eigenvalue weighted by Gasteiger charge is 2.13. The van der Waals surface area contributed by atoms with Gasteiger partial charge < -0.3 is 9.72 Å². The number of methoxy groups -OCH3 is 1. The molecule has 2 rings (SSSR count). The number of benzene rings is 1. The van der Waals surface area contributed by atoms with Crippen molar-refractivity contribution in [3.05, 3.63) is 46.7 Å². The fourth-order valence-electron chi connectivity index (χ4n) is 1.69. The van der Waals surface area contributed by atoms with Gasteiger partial charge in [0, 0.05) is 11.8 Å². The van der Waals surface area contributed by atoms with Gasteiger partial charge in [0.05, 0.1) is 23.4 Å². The average Bonchev–Trinajstić information content (AvgIpc) is 2.86. The minimum atomic E-state index is -0.490. The summed E-state index contributed by atoms with van der Waals surface area (Å²) < 4.78 is 4.61. The van der Waals surface area contributed by atoms with Crippen molar-refractivity contribution in [3.8, 4) is 11.1 Å². The van der Waals surface area contributed by atoms with Crippen molar-refractivity contribution in [3.63, 3.8) is 0 Å². The molecule has 18 heavy (non-hydrogen) atoms. The second kappa shape index (κ2) is 5.06. The molecule has 5 heteroatoms. The van der Waals surface area contributed by atoms with Crippen LogP contribution in [0.2, 0.25) is 5.02 Å². The summed E-state index contributed by atoms with van der Waals surface area (Å²) in [4.78, 5) is 25.0. The van der Waals surface area contributed by atoms with Crippen molar-refractivity contribution in [1.82, 2.24) is 4.98 Å². The number of aldehydes is 1. The molecule has 0 aliphatic heterocycles. The Hall–Kier alpha value is -2.07. The van der Waals surface area contributed by atoms with Gasteiger partial charge in [-0.15, -0.1) is 0 Å². The van der Waals surface area contributed by atoms with E-state index >= 15 is 0 Å². The second-order valence-corrected chi connectivity index (χ2v) is 4.02. The van der Waals surface area contributed by atoms with E-state index < -0.39 is 5.97 Å². The van der Waals surface area contributed by atoms with Crippen LogP contribution in [0.15, 0.2) is 30.5 Å². The Balaban J connectivity index is 2.46. The Labute approximate surface area is 109 Å². The molecule has 0 unspecified atom stereocenters. The van der Waals surface area contributed by atoms with Crippen LogP contribution in [-0.4, -0.2) is 24.3 Å². The zero-order valence-corrected chi connectivity index (χ0v) is 10.3. The predicted molar refractivity (Wildman–Crippen MR) is 68.0 cm³/mol. The van der Waals surface area contributed by atoms with Crippen molar-refractivity contribution in [2.75, 3.05) is 7.11 Å². The van der Waals surface area contributed by atoms with E-state index in [2.05, 4.69) is 9.72 Å². The number of carbonyl (C=O) groups is 2. The first-order valence-electron chi connectivity index (χ1n) is 5.18. The fourth-order valence-corrected chi connectivity index (χ4v) is 1.95. The Bertz CT molecular complexity index is 604. The molecule has 1 heterocycles. The van der Waals surface area contributed by atoms with E-state index in [0.717, 1.165) is 17.4 Å². The van der Waals surface area contributed by atoms with E-state index in [9.17, 15) is 9.59 Å². The van der Waals surface area contributed by atoms with Crippen LogP contribution in [-0.2, 0) is 4.74 Å². The Kier molecular flexibility index (Phi) is 3.48. The van der Waals surface area contributed by atoms with E-state index in [1.807, 2.05) is 0 Å². The molecule has 2 aromatic rings. The molecule has 1 N–H and O–H groups in total. The normalized spacial score (nSPS) is 10.1. The lowest BCUT2D eigenvalue weighted by molar-refractivity contribution is 0.0601. The molecule has 0 radical (unpaired) electrons. The van der Waals surface area contributed by atoms with Crippen LogP contribution in [0, 0.1) is 0 Å². The van der Waals surface area contributed by atoms with Crippen LogP contribution >= 0.6 is 11.6 Å². The molecule has 0 aliphatic carbocycles. The number of H-pyrrole nitrogens is 1. The van der Waals surface area contributed by atoms with E-state index in [0.29, 0.717) is 11.3 Å². The van der Waals surface area contributed by atoms with Gasteiger partial charge in [0.1, 0.15) is 0 Å². The third-order valence-electron chi connectivity index (χ3n) is 2.58. The monoisotopic (exact) mass is 263 g/mol. The van der Waals surface area contributed by atoms with Crippen LogP contribution < -0.4 is 0 Å². The number of nitrogens with one attached hydrogen (secondary N) is 1. The van der Waals surface area contributed by atoms with Crippen molar-refractivity contribution in [2.24, 2.45) is 0 Å². The number of hydrogen-bond donors (Lipinski definition) is 1. The summed E-state index contributed by atoms with van der Waals surface area (Å²) >= 11 is 6.02. The zero-order valence-electron chi connectivity index (χ0n) is 9.57. The Morgan fingerprint density at radius 2 is 2.17 bits per heavy atom. The molecule has 0 atom stereocenters. The summed E-state index contributed by atoms with van der Waals surface area (Å²) in [7, 11) is 1.29.